The third-order valence-corrected chi connectivity index (χ3v) is 1.71. The highest BCUT2D eigenvalue weighted by molar-refractivity contribution is 5.16. The summed E-state index contributed by atoms with van der Waals surface area (Å²) in [6.45, 7) is 0. The van der Waals surface area contributed by atoms with E-state index in [0.717, 1.165) is 5.56 Å². The molecule has 4 nitrogen and oxygen atoms in total. The summed E-state index contributed by atoms with van der Waals surface area (Å²) in [6, 6.07) is 9.16. The molecule has 0 saturated carbocycles. The lowest BCUT2D eigenvalue weighted by molar-refractivity contribution is 0.184. The molecule has 1 aliphatic rings. The number of benzene rings is 1. The molecule has 0 radical (unpaired) electrons. The van der Waals surface area contributed by atoms with E-state index in [1.54, 1.807) is 0 Å². The maximum Gasteiger partial charge on any atom is 0.336 e. The van der Waals surface area contributed by atoms with Crippen molar-refractivity contribution in [1.82, 2.24) is 0 Å². The molecule has 0 N–H and O–H groups in total. The summed E-state index contributed by atoms with van der Waals surface area (Å²) in [7, 11) is 0. The molecule has 1 aromatic rings. The summed E-state index contributed by atoms with van der Waals surface area (Å²) in [5.74, 6) is -1.98. The van der Waals surface area contributed by atoms with Gasteiger partial charge in [0, 0.05) is 0 Å². The van der Waals surface area contributed by atoms with Gasteiger partial charge in [0.25, 0.3) is 0 Å². The molecule has 1 aromatic carbocycles. The van der Waals surface area contributed by atoms with Crippen LogP contribution in [0.25, 0.3) is 0 Å². The topological polar surface area (TPSA) is 49.4 Å². The highest BCUT2D eigenvalue weighted by atomic mass is 19.1. The highest BCUT2D eigenvalue weighted by Crippen LogP contribution is 2.26. The van der Waals surface area contributed by atoms with Gasteiger partial charge >= 0.3 is 5.92 Å². The Morgan fingerprint density at radius 1 is 1.08 bits per heavy atom. The lowest BCUT2D eigenvalue weighted by atomic mass is 10.1. The Bertz CT molecular complexity index is 334. The largest absolute Gasteiger partial charge is 0.336 e. The molecule has 66 valence electrons. The van der Waals surface area contributed by atoms with Crippen LogP contribution in [0.3, 0.4) is 0 Å². The molecule has 1 aliphatic heterocycles. The number of hydrogen-bond acceptors (Lipinski definition) is 4. The minimum absolute atomic E-state index is 0.0842. The first-order valence-corrected chi connectivity index (χ1v) is 3.85. The van der Waals surface area contributed by atoms with E-state index in [2.05, 4.69) is 20.7 Å². The highest BCUT2D eigenvalue weighted by Gasteiger charge is 2.32. The number of nitrogens with zero attached hydrogens (tertiary/aromatic N) is 4. The van der Waals surface area contributed by atoms with E-state index in [-0.39, 0.29) is 6.42 Å². The predicted octanol–water partition coefficient (Wildman–Crippen LogP) is 2.69. The van der Waals surface area contributed by atoms with Crippen molar-refractivity contribution in [2.75, 3.05) is 0 Å². The van der Waals surface area contributed by atoms with Crippen molar-refractivity contribution < 1.29 is 4.39 Å². The second kappa shape index (κ2) is 3.01. The fourth-order valence-electron chi connectivity index (χ4n) is 1.12. The van der Waals surface area contributed by atoms with Crippen molar-refractivity contribution in [1.29, 1.82) is 0 Å². The van der Waals surface area contributed by atoms with E-state index in [1.807, 2.05) is 30.3 Å². The lowest BCUT2D eigenvalue weighted by Crippen LogP contribution is -2.17. The van der Waals surface area contributed by atoms with Crippen LogP contribution in [-0.2, 0) is 6.42 Å². The number of rotatable bonds is 2. The Morgan fingerprint density at radius 3 is 2.31 bits per heavy atom. The van der Waals surface area contributed by atoms with Gasteiger partial charge in [0.05, 0.1) is 6.42 Å². The molecule has 0 spiro atoms. The Balaban J connectivity index is 2.15. The van der Waals surface area contributed by atoms with Gasteiger partial charge in [-0.25, -0.2) is 0 Å². The summed E-state index contributed by atoms with van der Waals surface area (Å²) < 4.78 is 13.5. The second-order valence-corrected chi connectivity index (χ2v) is 2.76. The van der Waals surface area contributed by atoms with E-state index in [9.17, 15) is 4.39 Å². The number of halogens is 1. The first-order valence-electron chi connectivity index (χ1n) is 3.85. The van der Waals surface area contributed by atoms with Crippen molar-refractivity contribution in [3.05, 3.63) is 35.9 Å². The van der Waals surface area contributed by atoms with Gasteiger partial charge in [-0.2, -0.15) is 4.39 Å². The standard InChI is InChI=1S/C8H7FN4/c9-8(10-12-13-11-8)6-7-4-2-1-3-5-7/h1-5H,6H2. The zero-order valence-electron chi connectivity index (χ0n) is 6.76. The number of alkyl halides is 1. The molecule has 0 bridgehead atoms. The van der Waals surface area contributed by atoms with Crippen LogP contribution in [0.15, 0.2) is 51.0 Å². The summed E-state index contributed by atoms with van der Waals surface area (Å²) >= 11 is 0. The SMILES string of the molecule is FC1(Cc2ccccc2)N=NN=N1. The van der Waals surface area contributed by atoms with Gasteiger partial charge in [-0.1, -0.05) is 30.3 Å². The predicted molar refractivity (Wildman–Crippen MR) is 43.7 cm³/mol. The minimum Gasteiger partial charge on any atom is -0.187 e. The Kier molecular flexibility index (Phi) is 1.84. The maximum atomic E-state index is 13.5. The summed E-state index contributed by atoms with van der Waals surface area (Å²) in [6.07, 6.45) is 0.0842. The molecule has 0 saturated heterocycles. The Hall–Kier alpha value is -1.65. The zero-order chi connectivity index (χ0) is 9.15. The van der Waals surface area contributed by atoms with E-state index in [1.165, 1.54) is 0 Å². The molecule has 0 amide bonds. The smallest absolute Gasteiger partial charge is 0.187 e. The molecule has 0 atom stereocenters. The van der Waals surface area contributed by atoms with Crippen LogP contribution in [-0.4, -0.2) is 5.92 Å². The Morgan fingerprint density at radius 2 is 1.69 bits per heavy atom. The fourth-order valence-corrected chi connectivity index (χ4v) is 1.12. The van der Waals surface area contributed by atoms with Gasteiger partial charge < -0.3 is 0 Å². The van der Waals surface area contributed by atoms with Gasteiger partial charge in [-0.3, -0.25) is 0 Å². The fraction of sp³-hybridized carbons (Fsp3) is 0.250. The molecule has 2 rings (SSSR count). The van der Waals surface area contributed by atoms with Gasteiger partial charge in [-0.15, -0.1) is 10.2 Å². The van der Waals surface area contributed by atoms with Crippen LogP contribution in [0.1, 0.15) is 5.56 Å². The third kappa shape index (κ3) is 1.74. The van der Waals surface area contributed by atoms with E-state index in [4.69, 9.17) is 0 Å². The average Bonchev–Trinajstić information content (AvgIpc) is 2.54. The van der Waals surface area contributed by atoms with Crippen LogP contribution in [0.4, 0.5) is 4.39 Å². The molecule has 0 unspecified atom stereocenters. The van der Waals surface area contributed by atoms with Gasteiger partial charge in [0.1, 0.15) is 0 Å². The lowest BCUT2D eigenvalue weighted by Gasteiger charge is -2.08. The molecular formula is C8H7FN4. The second-order valence-electron chi connectivity index (χ2n) is 2.76. The van der Waals surface area contributed by atoms with Gasteiger partial charge in [-0.05, 0) is 16.0 Å². The molecular weight excluding hydrogens is 171 g/mol. The van der Waals surface area contributed by atoms with Crippen molar-refractivity contribution in [3.63, 3.8) is 0 Å². The summed E-state index contributed by atoms with van der Waals surface area (Å²) in [5, 5.41) is 12.9. The zero-order valence-corrected chi connectivity index (χ0v) is 6.76. The van der Waals surface area contributed by atoms with Crippen LogP contribution in [0.5, 0.6) is 0 Å². The van der Waals surface area contributed by atoms with Crippen LogP contribution >= 0.6 is 0 Å². The number of hydrogen-bond donors (Lipinski definition) is 0. The molecule has 1 heterocycles. The van der Waals surface area contributed by atoms with E-state index >= 15 is 0 Å². The summed E-state index contributed by atoms with van der Waals surface area (Å²) in [5.41, 5.74) is 0.824. The third-order valence-electron chi connectivity index (χ3n) is 1.71. The van der Waals surface area contributed by atoms with Crippen LogP contribution in [0, 0.1) is 0 Å². The van der Waals surface area contributed by atoms with Gasteiger partial charge in [0.2, 0.25) is 0 Å². The van der Waals surface area contributed by atoms with Gasteiger partial charge in [0.15, 0.2) is 0 Å². The van der Waals surface area contributed by atoms with Crippen molar-refractivity contribution in [2.24, 2.45) is 20.7 Å². The van der Waals surface area contributed by atoms with Crippen LogP contribution < -0.4 is 0 Å². The van der Waals surface area contributed by atoms with Crippen molar-refractivity contribution in [3.8, 4) is 0 Å². The minimum atomic E-state index is -1.98. The van der Waals surface area contributed by atoms with E-state index < -0.39 is 5.92 Å². The molecule has 0 aliphatic carbocycles. The van der Waals surface area contributed by atoms with Crippen molar-refractivity contribution >= 4 is 0 Å². The van der Waals surface area contributed by atoms with Crippen molar-refractivity contribution in [2.45, 2.75) is 12.3 Å². The van der Waals surface area contributed by atoms with E-state index in [0.29, 0.717) is 0 Å². The first-order chi connectivity index (χ1) is 6.29. The maximum absolute atomic E-state index is 13.5. The normalized spacial score (nSPS) is 17.9. The average molecular weight is 178 g/mol. The molecule has 5 heteroatoms. The Labute approximate surface area is 74.2 Å². The quantitative estimate of drug-likeness (QED) is 0.625. The molecule has 0 aromatic heterocycles. The monoisotopic (exact) mass is 178 g/mol. The summed E-state index contributed by atoms with van der Waals surface area (Å²) in [4.78, 5) is 0. The molecule has 0 fully saturated rings. The molecule has 13 heavy (non-hydrogen) atoms. The van der Waals surface area contributed by atoms with Crippen LogP contribution in [0.2, 0.25) is 0 Å². The first kappa shape index (κ1) is 7.97.